The number of carbonyl (C=O) groups excluding carboxylic acids is 1. The van der Waals surface area contributed by atoms with Crippen LogP contribution >= 0.6 is 0 Å². The predicted molar refractivity (Wildman–Crippen MR) is 134 cm³/mol. The SMILES string of the molecule is CO[C@@H](CC(C)=O)C[C@@H](/C=C/C(C)=C(\c1ccc(F)cc1)c1ccccc1CC(C)C)OC. The molecule has 0 saturated heterocycles. The molecule has 3 nitrogen and oxygen atoms in total. The number of allylic oxidation sites excluding steroid dienone is 2. The van der Waals surface area contributed by atoms with Gasteiger partial charge < -0.3 is 9.47 Å². The second kappa shape index (κ2) is 13.2. The lowest BCUT2D eigenvalue weighted by atomic mass is 9.87. The summed E-state index contributed by atoms with van der Waals surface area (Å²) in [5.74, 6) is 0.357. The Bertz CT molecular complexity index is 957. The van der Waals surface area contributed by atoms with Crippen LogP contribution in [0.5, 0.6) is 0 Å². The van der Waals surface area contributed by atoms with Crippen LogP contribution in [0.1, 0.15) is 57.2 Å². The number of halogens is 1. The lowest BCUT2D eigenvalue weighted by Crippen LogP contribution is -2.22. The maximum absolute atomic E-state index is 13.7. The highest BCUT2D eigenvalue weighted by Crippen LogP contribution is 2.31. The van der Waals surface area contributed by atoms with Crippen molar-refractivity contribution in [3.8, 4) is 0 Å². The van der Waals surface area contributed by atoms with Crippen LogP contribution in [0.25, 0.3) is 5.57 Å². The summed E-state index contributed by atoms with van der Waals surface area (Å²) >= 11 is 0. The molecule has 0 aliphatic heterocycles. The molecule has 0 spiro atoms. The van der Waals surface area contributed by atoms with Crippen LogP contribution in [0.4, 0.5) is 4.39 Å². The van der Waals surface area contributed by atoms with Crippen LogP contribution in [0.3, 0.4) is 0 Å². The van der Waals surface area contributed by atoms with Gasteiger partial charge >= 0.3 is 0 Å². The Morgan fingerprint density at radius 2 is 1.67 bits per heavy atom. The number of ketones is 1. The van der Waals surface area contributed by atoms with Crippen molar-refractivity contribution in [2.45, 2.75) is 59.2 Å². The molecule has 0 aromatic heterocycles. The monoisotopic (exact) mass is 452 g/mol. The van der Waals surface area contributed by atoms with E-state index in [1.165, 1.54) is 17.7 Å². The quantitative estimate of drug-likeness (QED) is 0.332. The molecule has 33 heavy (non-hydrogen) atoms. The van der Waals surface area contributed by atoms with E-state index in [1.54, 1.807) is 21.1 Å². The number of hydrogen-bond acceptors (Lipinski definition) is 3. The highest BCUT2D eigenvalue weighted by molar-refractivity contribution is 5.84. The zero-order chi connectivity index (χ0) is 24.4. The number of carbonyl (C=O) groups is 1. The number of hydrogen-bond donors (Lipinski definition) is 0. The van der Waals surface area contributed by atoms with Gasteiger partial charge in [-0.1, -0.05) is 62.4 Å². The third kappa shape index (κ3) is 8.38. The van der Waals surface area contributed by atoms with Gasteiger partial charge in [-0.2, -0.15) is 0 Å². The molecule has 2 atom stereocenters. The largest absolute Gasteiger partial charge is 0.381 e. The number of rotatable bonds is 12. The Labute approximate surface area is 198 Å². The van der Waals surface area contributed by atoms with Gasteiger partial charge in [0.2, 0.25) is 0 Å². The van der Waals surface area contributed by atoms with Crippen LogP contribution < -0.4 is 0 Å². The summed E-state index contributed by atoms with van der Waals surface area (Å²) in [7, 11) is 3.28. The van der Waals surface area contributed by atoms with Gasteiger partial charge in [0.05, 0.1) is 12.2 Å². The Hall–Kier alpha value is -2.56. The van der Waals surface area contributed by atoms with Crippen molar-refractivity contribution in [2.75, 3.05) is 14.2 Å². The van der Waals surface area contributed by atoms with Gasteiger partial charge in [-0.05, 0) is 66.2 Å². The highest BCUT2D eigenvalue weighted by atomic mass is 19.1. The molecule has 2 aromatic rings. The van der Waals surface area contributed by atoms with E-state index in [0.717, 1.165) is 28.7 Å². The zero-order valence-corrected chi connectivity index (χ0v) is 20.7. The minimum atomic E-state index is -0.253. The van der Waals surface area contributed by atoms with Crippen LogP contribution in [0, 0.1) is 11.7 Å². The van der Waals surface area contributed by atoms with Gasteiger partial charge in [-0.25, -0.2) is 4.39 Å². The standard InChI is InChI=1S/C29H37FO3/c1-20(2)17-24-9-7-8-10-28(24)29(23-12-14-25(30)15-13-23)21(3)11-16-26(32-5)19-27(33-6)18-22(4)31/h7-16,20,26-27H,17-19H2,1-6H3/b16-11+,29-21+/t26-,27+/m1/s1. The topological polar surface area (TPSA) is 35.5 Å². The molecule has 0 unspecified atom stereocenters. The minimum Gasteiger partial charge on any atom is -0.381 e. The molecule has 4 heteroatoms. The van der Waals surface area contributed by atoms with Crippen molar-refractivity contribution >= 4 is 11.4 Å². The van der Waals surface area contributed by atoms with E-state index in [2.05, 4.69) is 45.0 Å². The summed E-state index contributed by atoms with van der Waals surface area (Å²) in [6, 6.07) is 15.1. The molecule has 2 rings (SSSR count). The van der Waals surface area contributed by atoms with E-state index in [0.29, 0.717) is 18.8 Å². The van der Waals surface area contributed by atoms with E-state index < -0.39 is 0 Å². The highest BCUT2D eigenvalue weighted by Gasteiger charge is 2.17. The molecule has 0 fully saturated rings. The molecular formula is C29H37FO3. The van der Waals surface area contributed by atoms with Gasteiger partial charge in [0.1, 0.15) is 11.6 Å². The third-order valence-corrected chi connectivity index (χ3v) is 5.65. The van der Waals surface area contributed by atoms with Crippen LogP contribution in [0.2, 0.25) is 0 Å². The fourth-order valence-corrected chi connectivity index (χ4v) is 4.03. The Balaban J connectivity index is 2.48. The van der Waals surface area contributed by atoms with Crippen molar-refractivity contribution < 1.29 is 18.7 Å². The lowest BCUT2D eigenvalue weighted by molar-refractivity contribution is -0.119. The minimum absolute atomic E-state index is 0.0946. The van der Waals surface area contributed by atoms with E-state index in [4.69, 9.17) is 9.47 Å². The summed E-state index contributed by atoms with van der Waals surface area (Å²) in [6.07, 6.45) is 5.60. The summed E-state index contributed by atoms with van der Waals surface area (Å²) in [4.78, 5) is 11.5. The van der Waals surface area contributed by atoms with Gasteiger partial charge in [0, 0.05) is 27.1 Å². The average molecular weight is 453 g/mol. The summed E-state index contributed by atoms with van der Waals surface area (Å²) in [6.45, 7) is 8.06. The first-order valence-electron chi connectivity index (χ1n) is 11.5. The van der Waals surface area contributed by atoms with Gasteiger partial charge in [-0.3, -0.25) is 4.79 Å². The first-order valence-corrected chi connectivity index (χ1v) is 11.5. The van der Waals surface area contributed by atoms with Crippen LogP contribution in [-0.4, -0.2) is 32.2 Å². The second-order valence-electron chi connectivity index (χ2n) is 8.95. The summed E-state index contributed by atoms with van der Waals surface area (Å²) in [5, 5.41) is 0. The summed E-state index contributed by atoms with van der Waals surface area (Å²) < 4.78 is 24.8. The number of ether oxygens (including phenoxy) is 2. The van der Waals surface area contributed by atoms with Crippen molar-refractivity contribution in [1.29, 1.82) is 0 Å². The third-order valence-electron chi connectivity index (χ3n) is 5.65. The smallest absolute Gasteiger partial charge is 0.132 e. The van der Waals surface area contributed by atoms with Crippen molar-refractivity contribution in [1.82, 2.24) is 0 Å². The average Bonchev–Trinajstić information content (AvgIpc) is 2.77. The maximum Gasteiger partial charge on any atom is 0.132 e. The molecule has 0 N–H and O–H groups in total. The Morgan fingerprint density at radius 3 is 2.24 bits per heavy atom. The summed E-state index contributed by atoms with van der Waals surface area (Å²) in [5.41, 5.74) is 5.52. The van der Waals surface area contributed by atoms with E-state index in [-0.39, 0.29) is 23.8 Å². The van der Waals surface area contributed by atoms with Crippen LogP contribution in [-0.2, 0) is 20.7 Å². The molecule has 178 valence electrons. The van der Waals surface area contributed by atoms with Crippen molar-refractivity contribution in [3.05, 3.63) is 88.8 Å². The van der Waals surface area contributed by atoms with Gasteiger partial charge in [-0.15, -0.1) is 0 Å². The zero-order valence-electron chi connectivity index (χ0n) is 20.7. The predicted octanol–water partition coefficient (Wildman–Crippen LogP) is 6.80. The molecule has 2 aromatic carbocycles. The van der Waals surface area contributed by atoms with Crippen molar-refractivity contribution in [3.63, 3.8) is 0 Å². The number of benzene rings is 2. The normalized spacial score (nSPS) is 14.4. The Kier molecular flexibility index (Phi) is 10.7. The van der Waals surface area contributed by atoms with E-state index in [1.807, 2.05) is 24.3 Å². The van der Waals surface area contributed by atoms with E-state index in [9.17, 15) is 9.18 Å². The van der Waals surface area contributed by atoms with E-state index >= 15 is 0 Å². The first-order chi connectivity index (χ1) is 15.7. The molecule has 0 aliphatic rings. The number of Topliss-reactive ketones (excluding diaryl/α,β-unsaturated/α-hetero) is 1. The lowest BCUT2D eigenvalue weighted by Gasteiger charge is -2.19. The molecule has 0 heterocycles. The molecule has 0 aliphatic carbocycles. The van der Waals surface area contributed by atoms with Gasteiger partial charge in [0.15, 0.2) is 0 Å². The molecule has 0 amide bonds. The van der Waals surface area contributed by atoms with Crippen LogP contribution in [0.15, 0.2) is 66.3 Å². The fourth-order valence-electron chi connectivity index (χ4n) is 4.03. The molecule has 0 bridgehead atoms. The van der Waals surface area contributed by atoms with Gasteiger partial charge in [0.25, 0.3) is 0 Å². The molecular weight excluding hydrogens is 415 g/mol. The maximum atomic E-state index is 13.7. The first kappa shape index (κ1) is 26.7. The second-order valence-corrected chi connectivity index (χ2v) is 8.95. The van der Waals surface area contributed by atoms with Crippen molar-refractivity contribution in [2.24, 2.45) is 5.92 Å². The number of methoxy groups -OCH3 is 2. The Morgan fingerprint density at radius 1 is 1.00 bits per heavy atom. The molecule has 0 radical (unpaired) electrons. The fraction of sp³-hybridized carbons (Fsp3) is 0.414. The molecule has 0 saturated carbocycles.